The summed E-state index contributed by atoms with van der Waals surface area (Å²) in [6.07, 6.45) is 1.50. The van der Waals surface area contributed by atoms with Gasteiger partial charge in [-0.3, -0.25) is 4.68 Å². The lowest BCUT2D eigenvalue weighted by Gasteiger charge is -2.19. The van der Waals surface area contributed by atoms with E-state index in [9.17, 15) is 17.3 Å². The SMILES string of the molecule is Cn1cc(COc2cc(F)ccc2[B-](F)(F)F)nn1. The topological polar surface area (TPSA) is 39.9 Å². The van der Waals surface area contributed by atoms with Crippen LogP contribution in [-0.4, -0.2) is 22.0 Å². The number of aromatic nitrogens is 3. The molecule has 0 aliphatic carbocycles. The number of aryl methyl sites for hydroxylation is 1. The van der Waals surface area contributed by atoms with E-state index in [4.69, 9.17) is 4.74 Å². The van der Waals surface area contributed by atoms with Crippen molar-refractivity contribution in [2.24, 2.45) is 7.05 Å². The van der Waals surface area contributed by atoms with Crippen LogP contribution in [0.1, 0.15) is 5.69 Å². The highest BCUT2D eigenvalue weighted by molar-refractivity contribution is 6.74. The Labute approximate surface area is 106 Å². The van der Waals surface area contributed by atoms with Gasteiger partial charge in [-0.2, -0.15) is 0 Å². The predicted octanol–water partition coefficient (Wildman–Crippen LogP) is 1.59. The Balaban J connectivity index is 2.21. The summed E-state index contributed by atoms with van der Waals surface area (Å²) >= 11 is 0. The summed E-state index contributed by atoms with van der Waals surface area (Å²) in [4.78, 5) is 0. The van der Waals surface area contributed by atoms with Crippen molar-refractivity contribution in [3.63, 3.8) is 0 Å². The highest BCUT2D eigenvalue weighted by atomic mass is 19.4. The molecule has 0 aliphatic heterocycles. The summed E-state index contributed by atoms with van der Waals surface area (Å²) in [5, 5.41) is 7.28. The first kappa shape index (κ1) is 13.4. The van der Waals surface area contributed by atoms with Crippen LogP contribution < -0.4 is 10.2 Å². The average Bonchev–Trinajstić information content (AvgIpc) is 2.71. The molecule has 1 heterocycles. The summed E-state index contributed by atoms with van der Waals surface area (Å²) in [6, 6.07) is 2.13. The Morgan fingerprint density at radius 1 is 1.32 bits per heavy atom. The zero-order valence-electron chi connectivity index (χ0n) is 9.86. The van der Waals surface area contributed by atoms with Crippen LogP contribution in [0.5, 0.6) is 5.75 Å². The van der Waals surface area contributed by atoms with Crippen LogP contribution in [0.15, 0.2) is 24.4 Å². The molecule has 4 nitrogen and oxygen atoms in total. The van der Waals surface area contributed by atoms with Crippen molar-refractivity contribution in [3.8, 4) is 5.75 Å². The van der Waals surface area contributed by atoms with E-state index >= 15 is 0 Å². The van der Waals surface area contributed by atoms with Gasteiger partial charge in [-0.25, -0.2) is 4.39 Å². The smallest absolute Gasteiger partial charge is 0.490 e. The van der Waals surface area contributed by atoms with Crippen molar-refractivity contribution in [1.29, 1.82) is 0 Å². The molecule has 9 heteroatoms. The van der Waals surface area contributed by atoms with Gasteiger partial charge in [-0.15, -0.1) is 5.10 Å². The van der Waals surface area contributed by atoms with E-state index in [1.165, 1.54) is 10.9 Å². The van der Waals surface area contributed by atoms with Gasteiger partial charge in [0.25, 0.3) is 0 Å². The molecular weight excluding hydrogens is 265 g/mol. The molecule has 1 aromatic carbocycles. The molecule has 0 saturated heterocycles. The van der Waals surface area contributed by atoms with Crippen molar-refractivity contribution < 1.29 is 22.1 Å². The van der Waals surface area contributed by atoms with E-state index in [2.05, 4.69) is 10.3 Å². The third kappa shape index (κ3) is 3.24. The Bertz CT molecular complexity index is 584. The predicted molar refractivity (Wildman–Crippen MR) is 60.4 cm³/mol. The normalized spacial score (nSPS) is 11.6. The molecule has 0 bridgehead atoms. The molecule has 2 aromatic rings. The maximum absolute atomic E-state index is 13.0. The molecule has 0 fully saturated rings. The van der Waals surface area contributed by atoms with Crippen LogP contribution in [0.4, 0.5) is 17.3 Å². The first-order valence-corrected chi connectivity index (χ1v) is 5.33. The van der Waals surface area contributed by atoms with E-state index in [0.717, 1.165) is 6.07 Å². The lowest BCUT2D eigenvalue weighted by atomic mass is 9.79. The zero-order valence-corrected chi connectivity index (χ0v) is 9.86. The van der Waals surface area contributed by atoms with Crippen molar-refractivity contribution >= 4 is 12.4 Å². The summed E-state index contributed by atoms with van der Waals surface area (Å²) in [5.41, 5.74) is -0.613. The van der Waals surface area contributed by atoms with Gasteiger partial charge >= 0.3 is 6.98 Å². The number of benzene rings is 1. The second kappa shape index (κ2) is 4.91. The molecule has 0 atom stereocenters. The molecule has 0 saturated carbocycles. The van der Waals surface area contributed by atoms with Crippen LogP contribution in [0.3, 0.4) is 0 Å². The Kier molecular flexibility index (Phi) is 3.45. The fourth-order valence-corrected chi connectivity index (χ4v) is 1.52. The number of hydrogen-bond donors (Lipinski definition) is 0. The molecule has 19 heavy (non-hydrogen) atoms. The first-order valence-electron chi connectivity index (χ1n) is 5.33. The molecule has 0 radical (unpaired) electrons. The molecule has 0 aliphatic rings. The van der Waals surface area contributed by atoms with Gasteiger partial charge in [0.15, 0.2) is 0 Å². The van der Waals surface area contributed by atoms with Gasteiger partial charge in [0.05, 0.1) is 11.9 Å². The minimum atomic E-state index is -5.26. The largest absolute Gasteiger partial charge is 0.513 e. The average molecular weight is 274 g/mol. The van der Waals surface area contributed by atoms with Crippen LogP contribution in [0.25, 0.3) is 0 Å². The Hall–Kier alpha value is -2.06. The molecule has 1 aromatic heterocycles. The highest BCUT2D eigenvalue weighted by Gasteiger charge is 2.29. The van der Waals surface area contributed by atoms with Crippen molar-refractivity contribution in [2.75, 3.05) is 0 Å². The fourth-order valence-electron chi connectivity index (χ4n) is 1.52. The maximum atomic E-state index is 13.0. The van der Waals surface area contributed by atoms with E-state index in [1.807, 2.05) is 0 Å². The van der Waals surface area contributed by atoms with E-state index in [0.29, 0.717) is 17.8 Å². The van der Waals surface area contributed by atoms with Gasteiger partial charge in [-0.1, -0.05) is 16.7 Å². The fraction of sp³-hybridized carbons (Fsp3) is 0.200. The molecule has 0 spiro atoms. The molecule has 0 amide bonds. The third-order valence-corrected chi connectivity index (χ3v) is 2.35. The minimum Gasteiger partial charge on any atom is -0.490 e. The van der Waals surface area contributed by atoms with Gasteiger partial charge in [0, 0.05) is 13.1 Å². The number of halogens is 4. The summed E-state index contributed by atoms with van der Waals surface area (Å²) in [7, 11) is 1.61. The van der Waals surface area contributed by atoms with Crippen LogP contribution in [0.2, 0.25) is 0 Å². The quantitative estimate of drug-likeness (QED) is 0.627. The van der Waals surface area contributed by atoms with Gasteiger partial charge in [0.1, 0.15) is 18.1 Å². The first-order chi connectivity index (χ1) is 8.86. The van der Waals surface area contributed by atoms with E-state index in [1.54, 1.807) is 7.05 Å². The molecule has 2 rings (SSSR count). The van der Waals surface area contributed by atoms with Gasteiger partial charge < -0.3 is 17.7 Å². The standard InChI is InChI=1S/C10H9BF4N3O/c1-18-5-8(16-17-18)6-19-10-4-7(12)2-3-9(10)11(13,14)15/h2-5H,6H2,1H3/q-1. The van der Waals surface area contributed by atoms with E-state index in [-0.39, 0.29) is 6.61 Å². The number of nitrogens with zero attached hydrogens (tertiary/aromatic N) is 3. The zero-order chi connectivity index (χ0) is 14.0. The van der Waals surface area contributed by atoms with E-state index < -0.39 is 24.0 Å². The molecule has 0 N–H and O–H groups in total. The molecule has 0 unspecified atom stereocenters. The maximum Gasteiger partial charge on any atom is 0.513 e. The third-order valence-electron chi connectivity index (χ3n) is 2.35. The van der Waals surface area contributed by atoms with Crippen molar-refractivity contribution in [1.82, 2.24) is 15.0 Å². The minimum absolute atomic E-state index is 0.212. The summed E-state index contributed by atoms with van der Waals surface area (Å²) in [5.74, 6) is -1.34. The monoisotopic (exact) mass is 274 g/mol. The van der Waals surface area contributed by atoms with Crippen molar-refractivity contribution in [3.05, 3.63) is 35.9 Å². The Morgan fingerprint density at radius 2 is 2.05 bits per heavy atom. The van der Waals surface area contributed by atoms with Crippen LogP contribution in [-0.2, 0) is 13.7 Å². The van der Waals surface area contributed by atoms with Crippen LogP contribution in [0, 0.1) is 5.82 Å². The van der Waals surface area contributed by atoms with Gasteiger partial charge in [-0.05, 0) is 6.07 Å². The number of hydrogen-bond acceptors (Lipinski definition) is 3. The summed E-state index contributed by atoms with van der Waals surface area (Å²) in [6.45, 7) is -5.48. The van der Waals surface area contributed by atoms with Crippen LogP contribution >= 0.6 is 0 Å². The number of rotatable bonds is 4. The second-order valence-electron chi connectivity index (χ2n) is 3.93. The number of ether oxygens (including phenoxy) is 1. The van der Waals surface area contributed by atoms with Gasteiger partial charge in [0.2, 0.25) is 0 Å². The highest BCUT2D eigenvalue weighted by Crippen LogP contribution is 2.19. The lowest BCUT2D eigenvalue weighted by Crippen LogP contribution is -2.35. The molecular formula is C10H9BF4N3O-. The second-order valence-corrected chi connectivity index (χ2v) is 3.93. The molecule has 102 valence electrons. The lowest BCUT2D eigenvalue weighted by molar-refractivity contribution is 0.300. The Morgan fingerprint density at radius 3 is 2.63 bits per heavy atom. The van der Waals surface area contributed by atoms with Crippen molar-refractivity contribution in [2.45, 2.75) is 6.61 Å². The summed E-state index contributed by atoms with van der Waals surface area (Å²) < 4.78 is 57.6.